The lowest BCUT2D eigenvalue weighted by atomic mass is 10.2. The quantitative estimate of drug-likeness (QED) is 0.317. The summed E-state index contributed by atoms with van der Waals surface area (Å²) < 4.78 is 0. The summed E-state index contributed by atoms with van der Waals surface area (Å²) in [5.41, 5.74) is 2.16. The summed E-state index contributed by atoms with van der Waals surface area (Å²) >= 11 is 3.06. The van der Waals surface area contributed by atoms with E-state index in [2.05, 4.69) is 22.0 Å². The van der Waals surface area contributed by atoms with Crippen LogP contribution < -0.4 is 4.90 Å². The van der Waals surface area contributed by atoms with Crippen molar-refractivity contribution in [2.24, 2.45) is 4.99 Å². The second-order valence-corrected chi connectivity index (χ2v) is 10.0. The van der Waals surface area contributed by atoms with Gasteiger partial charge in [0.2, 0.25) is 0 Å². The number of para-hydroxylation sites is 1. The van der Waals surface area contributed by atoms with E-state index >= 15 is 0 Å². The molecule has 1 saturated heterocycles. The standard InChI is InChI=1S/C27H20N4OS2/c1-30-21-13-7-8-14-22(21)33-26(30)23-25(32)31(17-18-9-3-2-4-10-18)27(34-23)29-24-20-12-6-5-11-19(20)15-16-28-24/h2-16H,17H2,1H3. The average molecular weight is 481 g/mol. The molecule has 1 amide bonds. The topological polar surface area (TPSA) is 48.8 Å². The van der Waals surface area contributed by atoms with Gasteiger partial charge in [0.15, 0.2) is 11.0 Å². The van der Waals surface area contributed by atoms with Gasteiger partial charge >= 0.3 is 0 Å². The first kappa shape index (κ1) is 21.0. The molecule has 34 heavy (non-hydrogen) atoms. The minimum atomic E-state index is -0.0324. The Hall–Kier alpha value is -3.55. The number of aliphatic imine (C=N–C) groups is 1. The van der Waals surface area contributed by atoms with Gasteiger partial charge in [0.1, 0.15) is 4.91 Å². The van der Waals surface area contributed by atoms with Crippen molar-refractivity contribution in [2.75, 3.05) is 11.9 Å². The first-order chi connectivity index (χ1) is 16.7. The predicted molar refractivity (Wildman–Crippen MR) is 141 cm³/mol. The lowest BCUT2D eigenvalue weighted by molar-refractivity contribution is -0.122. The third-order valence-corrected chi connectivity index (χ3v) is 8.27. The SMILES string of the molecule is CN1C(=C2SC(=Nc3nccc4ccccc34)N(Cc3ccccc3)C2=O)Sc2ccccc21. The van der Waals surface area contributed by atoms with Crippen molar-refractivity contribution in [3.05, 3.63) is 107 Å². The van der Waals surface area contributed by atoms with Crippen LogP contribution in [0.3, 0.4) is 0 Å². The van der Waals surface area contributed by atoms with Gasteiger partial charge in [-0.15, -0.1) is 0 Å². The highest BCUT2D eigenvalue weighted by atomic mass is 32.2. The van der Waals surface area contributed by atoms with Gasteiger partial charge in [0.05, 0.1) is 17.3 Å². The van der Waals surface area contributed by atoms with Gasteiger partial charge in [0.25, 0.3) is 5.91 Å². The molecule has 166 valence electrons. The third kappa shape index (κ3) is 3.67. The normalized spacial score (nSPS) is 18.9. The second kappa shape index (κ2) is 8.66. The summed E-state index contributed by atoms with van der Waals surface area (Å²) in [5, 5.41) is 3.61. The summed E-state index contributed by atoms with van der Waals surface area (Å²) in [6.07, 6.45) is 1.77. The number of carbonyl (C=O) groups is 1. The van der Waals surface area contributed by atoms with Crippen LogP contribution in [0.1, 0.15) is 5.56 Å². The molecule has 0 saturated carbocycles. The molecule has 0 aliphatic carbocycles. The molecule has 7 heteroatoms. The Bertz CT molecular complexity index is 1480. The number of amidine groups is 1. The van der Waals surface area contributed by atoms with Crippen LogP contribution in [0.15, 0.2) is 111 Å². The maximum Gasteiger partial charge on any atom is 0.269 e. The van der Waals surface area contributed by atoms with E-state index < -0.39 is 0 Å². The van der Waals surface area contributed by atoms with Gasteiger partial charge in [-0.25, -0.2) is 9.98 Å². The molecule has 3 heterocycles. The Balaban J connectivity index is 1.45. The van der Waals surface area contributed by atoms with Crippen LogP contribution in [0.2, 0.25) is 0 Å². The third-order valence-electron chi connectivity index (χ3n) is 5.83. The number of fused-ring (bicyclic) bond motifs is 2. The fraction of sp³-hybridized carbons (Fsp3) is 0.0741. The number of rotatable bonds is 3. The molecular weight excluding hydrogens is 460 g/mol. The Morgan fingerprint density at radius 2 is 1.65 bits per heavy atom. The number of thioether (sulfide) groups is 2. The van der Waals surface area contributed by atoms with E-state index in [0.29, 0.717) is 22.4 Å². The lowest BCUT2D eigenvalue weighted by Gasteiger charge is -2.17. The van der Waals surface area contributed by atoms with Crippen LogP contribution in [-0.4, -0.2) is 28.0 Å². The second-order valence-electron chi connectivity index (χ2n) is 7.99. The number of anilines is 1. The zero-order chi connectivity index (χ0) is 23.1. The van der Waals surface area contributed by atoms with Gasteiger partial charge in [-0.1, -0.05) is 78.5 Å². The fourth-order valence-electron chi connectivity index (χ4n) is 4.11. The molecular formula is C27H20N4OS2. The molecule has 0 spiro atoms. The summed E-state index contributed by atoms with van der Waals surface area (Å²) in [7, 11) is 2.01. The monoisotopic (exact) mass is 480 g/mol. The molecule has 3 aromatic carbocycles. The van der Waals surface area contributed by atoms with Crippen LogP contribution in [-0.2, 0) is 11.3 Å². The number of pyridine rings is 1. The largest absolute Gasteiger partial charge is 0.337 e. The molecule has 0 unspecified atom stereocenters. The van der Waals surface area contributed by atoms with Crippen LogP contribution in [0.5, 0.6) is 0 Å². The molecule has 1 fully saturated rings. The minimum absolute atomic E-state index is 0.0324. The maximum absolute atomic E-state index is 13.8. The van der Waals surface area contributed by atoms with Gasteiger partial charge in [0, 0.05) is 23.5 Å². The zero-order valence-corrected chi connectivity index (χ0v) is 20.0. The van der Waals surface area contributed by atoms with Crippen LogP contribution >= 0.6 is 23.5 Å². The van der Waals surface area contributed by atoms with Crippen molar-refractivity contribution >= 4 is 56.9 Å². The molecule has 0 atom stereocenters. The zero-order valence-electron chi connectivity index (χ0n) is 18.4. The number of carbonyl (C=O) groups excluding carboxylic acids is 1. The van der Waals surface area contributed by atoms with E-state index in [-0.39, 0.29) is 5.91 Å². The summed E-state index contributed by atoms with van der Waals surface area (Å²) in [6.45, 7) is 0.453. The first-order valence-electron chi connectivity index (χ1n) is 10.9. The molecule has 2 aliphatic rings. The van der Waals surface area contributed by atoms with Crippen molar-refractivity contribution in [1.82, 2.24) is 9.88 Å². The van der Waals surface area contributed by atoms with Crippen LogP contribution in [0.25, 0.3) is 10.8 Å². The first-order valence-corrected chi connectivity index (χ1v) is 12.5. The maximum atomic E-state index is 13.8. The summed E-state index contributed by atoms with van der Waals surface area (Å²) in [5.74, 6) is 0.587. The Labute approximate surface area is 206 Å². The van der Waals surface area contributed by atoms with Gasteiger partial charge in [-0.2, -0.15) is 0 Å². The van der Waals surface area contributed by atoms with E-state index in [1.54, 1.807) is 22.9 Å². The highest BCUT2D eigenvalue weighted by Crippen LogP contribution is 2.50. The molecule has 0 N–H and O–H groups in total. The fourth-order valence-corrected chi connectivity index (χ4v) is 6.43. The molecule has 0 radical (unpaired) electrons. The van der Waals surface area contributed by atoms with Gasteiger partial charge < -0.3 is 4.90 Å². The Kier molecular flexibility index (Phi) is 5.36. The highest BCUT2D eigenvalue weighted by molar-refractivity contribution is 8.19. The molecule has 5 nitrogen and oxygen atoms in total. The van der Waals surface area contributed by atoms with Crippen LogP contribution in [0.4, 0.5) is 11.5 Å². The highest BCUT2D eigenvalue weighted by Gasteiger charge is 2.39. The number of hydrogen-bond donors (Lipinski definition) is 0. The number of nitrogens with zero attached hydrogens (tertiary/aromatic N) is 4. The summed E-state index contributed by atoms with van der Waals surface area (Å²) in [6, 6.07) is 28.3. The molecule has 6 rings (SSSR count). The Morgan fingerprint density at radius 1 is 0.882 bits per heavy atom. The lowest BCUT2D eigenvalue weighted by Crippen LogP contribution is -2.29. The van der Waals surface area contributed by atoms with Gasteiger partial charge in [-0.05, 0) is 40.9 Å². The van der Waals surface area contributed by atoms with E-state index in [0.717, 1.165) is 31.9 Å². The van der Waals surface area contributed by atoms with Crippen molar-refractivity contribution < 1.29 is 4.79 Å². The van der Waals surface area contributed by atoms with E-state index in [1.165, 1.54) is 11.8 Å². The number of aromatic nitrogens is 1. The van der Waals surface area contributed by atoms with E-state index in [1.807, 2.05) is 79.8 Å². The number of amides is 1. The number of hydrogen-bond acceptors (Lipinski definition) is 6. The molecule has 4 aromatic rings. The number of benzene rings is 3. The van der Waals surface area contributed by atoms with Crippen molar-refractivity contribution in [3.63, 3.8) is 0 Å². The average Bonchev–Trinajstić information content (AvgIpc) is 3.36. The predicted octanol–water partition coefficient (Wildman–Crippen LogP) is 6.41. The van der Waals surface area contributed by atoms with Crippen LogP contribution in [0, 0.1) is 0 Å². The summed E-state index contributed by atoms with van der Waals surface area (Å²) in [4.78, 5) is 28.9. The van der Waals surface area contributed by atoms with E-state index in [4.69, 9.17) is 4.99 Å². The Morgan fingerprint density at radius 3 is 2.50 bits per heavy atom. The molecule has 2 aliphatic heterocycles. The van der Waals surface area contributed by atoms with Crippen molar-refractivity contribution in [1.29, 1.82) is 0 Å². The van der Waals surface area contributed by atoms with Crippen molar-refractivity contribution in [3.8, 4) is 0 Å². The molecule has 0 bridgehead atoms. The van der Waals surface area contributed by atoms with E-state index in [9.17, 15) is 4.79 Å². The van der Waals surface area contributed by atoms with Gasteiger partial charge in [-0.3, -0.25) is 9.69 Å². The molecule has 1 aromatic heterocycles. The minimum Gasteiger partial charge on any atom is -0.337 e. The smallest absolute Gasteiger partial charge is 0.269 e. The van der Waals surface area contributed by atoms with Crippen molar-refractivity contribution in [2.45, 2.75) is 11.4 Å².